The number of hydrogen-bond donors (Lipinski definition) is 1. The summed E-state index contributed by atoms with van der Waals surface area (Å²) in [6.07, 6.45) is 5.38. The molecule has 1 saturated carbocycles. The number of ether oxygens (including phenoxy) is 2. The van der Waals surface area contributed by atoms with E-state index in [9.17, 15) is 0 Å². The first-order chi connectivity index (χ1) is 10.2. The minimum atomic E-state index is 0.261. The Kier molecular flexibility index (Phi) is 5.88. The SMILES string of the molecule is CNC(CN(C)C1CCCC1)c1ccc(OC)cc1OC. The van der Waals surface area contributed by atoms with Gasteiger partial charge in [0, 0.05) is 30.3 Å². The maximum atomic E-state index is 5.54. The maximum Gasteiger partial charge on any atom is 0.127 e. The summed E-state index contributed by atoms with van der Waals surface area (Å²) in [7, 11) is 7.64. The molecule has 118 valence electrons. The van der Waals surface area contributed by atoms with Gasteiger partial charge in [-0.15, -0.1) is 0 Å². The van der Waals surface area contributed by atoms with Crippen LogP contribution in [0.15, 0.2) is 18.2 Å². The molecule has 21 heavy (non-hydrogen) atoms. The van der Waals surface area contributed by atoms with E-state index in [0.717, 1.165) is 24.1 Å². The molecular formula is C17H28N2O2. The van der Waals surface area contributed by atoms with Crippen LogP contribution >= 0.6 is 0 Å². The van der Waals surface area contributed by atoms with E-state index >= 15 is 0 Å². The quantitative estimate of drug-likeness (QED) is 0.838. The van der Waals surface area contributed by atoms with Gasteiger partial charge in [-0.3, -0.25) is 0 Å². The Morgan fingerprint density at radius 3 is 2.52 bits per heavy atom. The highest BCUT2D eigenvalue weighted by Crippen LogP contribution is 2.31. The van der Waals surface area contributed by atoms with E-state index in [-0.39, 0.29) is 6.04 Å². The van der Waals surface area contributed by atoms with Crippen molar-refractivity contribution in [1.82, 2.24) is 10.2 Å². The van der Waals surface area contributed by atoms with Gasteiger partial charge >= 0.3 is 0 Å². The third-order valence-electron chi connectivity index (χ3n) is 4.58. The third kappa shape index (κ3) is 3.89. The first kappa shape index (κ1) is 16.1. The van der Waals surface area contributed by atoms with Gasteiger partial charge in [0.15, 0.2) is 0 Å². The zero-order valence-electron chi connectivity index (χ0n) is 13.7. The first-order valence-corrected chi connectivity index (χ1v) is 7.79. The number of rotatable bonds is 7. The van der Waals surface area contributed by atoms with E-state index < -0.39 is 0 Å². The minimum Gasteiger partial charge on any atom is -0.497 e. The van der Waals surface area contributed by atoms with Gasteiger partial charge in [-0.2, -0.15) is 0 Å². The van der Waals surface area contributed by atoms with Crippen molar-refractivity contribution in [1.29, 1.82) is 0 Å². The van der Waals surface area contributed by atoms with E-state index in [1.165, 1.54) is 31.2 Å². The van der Waals surface area contributed by atoms with Crippen molar-refractivity contribution in [3.05, 3.63) is 23.8 Å². The second-order valence-corrected chi connectivity index (χ2v) is 5.83. The highest BCUT2D eigenvalue weighted by atomic mass is 16.5. The lowest BCUT2D eigenvalue weighted by Crippen LogP contribution is -2.37. The average molecular weight is 292 g/mol. The second-order valence-electron chi connectivity index (χ2n) is 5.83. The van der Waals surface area contributed by atoms with Crippen LogP contribution in [-0.4, -0.2) is 45.8 Å². The zero-order valence-corrected chi connectivity index (χ0v) is 13.7. The van der Waals surface area contributed by atoms with Crippen LogP contribution in [0.2, 0.25) is 0 Å². The average Bonchev–Trinajstić information content (AvgIpc) is 3.06. The second kappa shape index (κ2) is 7.66. The number of methoxy groups -OCH3 is 2. The Morgan fingerprint density at radius 1 is 1.24 bits per heavy atom. The smallest absolute Gasteiger partial charge is 0.127 e. The van der Waals surface area contributed by atoms with Gasteiger partial charge in [0.1, 0.15) is 11.5 Å². The van der Waals surface area contributed by atoms with Gasteiger partial charge < -0.3 is 19.7 Å². The Hall–Kier alpha value is -1.26. The lowest BCUT2D eigenvalue weighted by molar-refractivity contribution is 0.220. The molecule has 1 aliphatic carbocycles. The summed E-state index contributed by atoms with van der Waals surface area (Å²) in [5.41, 5.74) is 1.19. The topological polar surface area (TPSA) is 33.7 Å². The van der Waals surface area contributed by atoms with E-state index in [1.807, 2.05) is 19.2 Å². The Labute approximate surface area is 128 Å². The van der Waals surface area contributed by atoms with E-state index in [2.05, 4.69) is 23.3 Å². The fourth-order valence-electron chi connectivity index (χ4n) is 3.23. The van der Waals surface area contributed by atoms with Crippen molar-refractivity contribution in [2.75, 3.05) is 34.9 Å². The normalized spacial score (nSPS) is 17.2. The Bertz CT molecular complexity index is 444. The molecular weight excluding hydrogens is 264 g/mol. The Balaban J connectivity index is 2.12. The number of hydrogen-bond acceptors (Lipinski definition) is 4. The number of likely N-dealkylation sites (N-methyl/N-ethyl adjacent to an activating group) is 2. The molecule has 0 saturated heterocycles. The van der Waals surface area contributed by atoms with Crippen LogP contribution in [0.5, 0.6) is 11.5 Å². The molecule has 1 aliphatic rings. The van der Waals surface area contributed by atoms with Crippen LogP contribution in [0, 0.1) is 0 Å². The van der Waals surface area contributed by atoms with Crippen molar-refractivity contribution in [3.63, 3.8) is 0 Å². The molecule has 0 bridgehead atoms. The van der Waals surface area contributed by atoms with Crippen molar-refractivity contribution in [3.8, 4) is 11.5 Å². The molecule has 0 radical (unpaired) electrons. The van der Waals surface area contributed by atoms with E-state index in [0.29, 0.717) is 0 Å². The summed E-state index contributed by atoms with van der Waals surface area (Å²) in [6, 6.07) is 7.04. The van der Waals surface area contributed by atoms with Gasteiger partial charge in [-0.25, -0.2) is 0 Å². The first-order valence-electron chi connectivity index (χ1n) is 7.79. The van der Waals surface area contributed by atoms with Crippen LogP contribution in [0.4, 0.5) is 0 Å². The van der Waals surface area contributed by atoms with Crippen LogP contribution in [-0.2, 0) is 0 Å². The molecule has 0 aliphatic heterocycles. The predicted molar refractivity (Wildman–Crippen MR) is 86.2 cm³/mol. The molecule has 1 aromatic carbocycles. The number of nitrogens with zero attached hydrogens (tertiary/aromatic N) is 1. The zero-order chi connectivity index (χ0) is 15.2. The van der Waals surface area contributed by atoms with Crippen LogP contribution in [0.3, 0.4) is 0 Å². The molecule has 1 atom stereocenters. The summed E-state index contributed by atoms with van der Waals surface area (Å²) in [4.78, 5) is 2.48. The third-order valence-corrected chi connectivity index (χ3v) is 4.58. The van der Waals surface area contributed by atoms with E-state index in [1.54, 1.807) is 14.2 Å². The molecule has 1 N–H and O–H groups in total. The Morgan fingerprint density at radius 2 is 1.95 bits per heavy atom. The minimum absolute atomic E-state index is 0.261. The molecule has 0 aromatic heterocycles. The molecule has 4 nitrogen and oxygen atoms in total. The monoisotopic (exact) mass is 292 g/mol. The number of benzene rings is 1. The summed E-state index contributed by atoms with van der Waals surface area (Å²) >= 11 is 0. The van der Waals surface area contributed by atoms with Crippen molar-refractivity contribution in [2.45, 2.75) is 37.8 Å². The molecule has 1 fully saturated rings. The summed E-state index contributed by atoms with van der Waals surface area (Å²) < 4.78 is 10.8. The van der Waals surface area contributed by atoms with Gasteiger partial charge in [-0.1, -0.05) is 18.9 Å². The molecule has 0 amide bonds. The largest absolute Gasteiger partial charge is 0.497 e. The van der Waals surface area contributed by atoms with Crippen molar-refractivity contribution in [2.24, 2.45) is 0 Å². The number of nitrogens with one attached hydrogen (secondary N) is 1. The molecule has 0 heterocycles. The van der Waals surface area contributed by atoms with Crippen LogP contribution < -0.4 is 14.8 Å². The fourth-order valence-corrected chi connectivity index (χ4v) is 3.23. The molecule has 1 aromatic rings. The molecule has 1 unspecified atom stereocenters. The van der Waals surface area contributed by atoms with Crippen molar-refractivity contribution >= 4 is 0 Å². The standard InChI is InChI=1S/C17H28N2O2/c1-18-16(12-19(2)13-7-5-6-8-13)15-10-9-14(20-3)11-17(15)21-4/h9-11,13,16,18H,5-8,12H2,1-4H3. The maximum absolute atomic E-state index is 5.54. The van der Waals surface area contributed by atoms with Gasteiger partial charge in [0.2, 0.25) is 0 Å². The van der Waals surface area contributed by atoms with Gasteiger partial charge in [-0.05, 0) is 33.0 Å². The molecule has 0 spiro atoms. The van der Waals surface area contributed by atoms with Gasteiger partial charge in [0.05, 0.1) is 14.2 Å². The summed E-state index contributed by atoms with van der Waals surface area (Å²) in [5, 5.41) is 3.42. The van der Waals surface area contributed by atoms with Crippen LogP contribution in [0.1, 0.15) is 37.3 Å². The highest BCUT2D eigenvalue weighted by molar-refractivity contribution is 5.42. The fraction of sp³-hybridized carbons (Fsp3) is 0.647. The molecule has 4 heteroatoms. The van der Waals surface area contributed by atoms with Crippen LogP contribution in [0.25, 0.3) is 0 Å². The lowest BCUT2D eigenvalue weighted by Gasteiger charge is -2.29. The highest BCUT2D eigenvalue weighted by Gasteiger charge is 2.23. The predicted octanol–water partition coefficient (Wildman–Crippen LogP) is 2.84. The van der Waals surface area contributed by atoms with E-state index in [4.69, 9.17) is 9.47 Å². The summed E-state index contributed by atoms with van der Waals surface area (Å²) in [6.45, 7) is 0.990. The lowest BCUT2D eigenvalue weighted by atomic mass is 10.0. The van der Waals surface area contributed by atoms with Gasteiger partial charge in [0.25, 0.3) is 0 Å². The molecule has 2 rings (SSSR count). The summed E-state index contributed by atoms with van der Waals surface area (Å²) in [5.74, 6) is 1.71. The van der Waals surface area contributed by atoms with Crippen molar-refractivity contribution < 1.29 is 9.47 Å².